The molecule has 86 valence electrons. The molecule has 0 aliphatic carbocycles. The number of aromatic nitrogens is 2. The van der Waals surface area contributed by atoms with Crippen LogP contribution in [0.1, 0.15) is 5.56 Å². The van der Waals surface area contributed by atoms with E-state index in [2.05, 4.69) is 45.0 Å². The Morgan fingerprint density at radius 1 is 1.18 bits per heavy atom. The van der Waals surface area contributed by atoms with Gasteiger partial charge in [0.15, 0.2) is 0 Å². The van der Waals surface area contributed by atoms with Crippen molar-refractivity contribution in [2.75, 3.05) is 0 Å². The van der Waals surface area contributed by atoms with Crippen LogP contribution in [0.15, 0.2) is 22.2 Å². The van der Waals surface area contributed by atoms with E-state index in [4.69, 9.17) is 11.6 Å². The average molecular weight is 346 g/mol. The second-order valence-corrected chi connectivity index (χ2v) is 7.34. The molecule has 0 fully saturated rings. The topological polar surface area (TPSA) is 25.8 Å². The summed E-state index contributed by atoms with van der Waals surface area (Å²) in [5.41, 5.74) is 2.16. The predicted molar refractivity (Wildman–Crippen MR) is 78.2 cm³/mol. The fraction of sp³-hybridized carbons (Fsp3) is 0.0909. The Hall–Kier alpha value is -0.490. The van der Waals surface area contributed by atoms with Crippen molar-refractivity contribution in [3.63, 3.8) is 0 Å². The van der Waals surface area contributed by atoms with Crippen LogP contribution in [0.2, 0.25) is 5.15 Å². The Kier molecular flexibility index (Phi) is 2.94. The third-order valence-corrected chi connectivity index (χ3v) is 6.23. The highest BCUT2D eigenvalue weighted by Gasteiger charge is 2.11. The minimum Gasteiger partial charge on any atom is -0.235 e. The lowest BCUT2D eigenvalue weighted by molar-refractivity contribution is 1.23. The van der Waals surface area contributed by atoms with Gasteiger partial charge in [-0.25, -0.2) is 9.97 Å². The van der Waals surface area contributed by atoms with E-state index in [0.717, 1.165) is 10.2 Å². The van der Waals surface area contributed by atoms with Crippen molar-refractivity contribution < 1.29 is 0 Å². The molecule has 0 spiro atoms. The van der Waals surface area contributed by atoms with E-state index in [9.17, 15) is 0 Å². The summed E-state index contributed by atoms with van der Waals surface area (Å²) < 4.78 is 2.12. The number of hydrogen-bond acceptors (Lipinski definition) is 4. The minimum absolute atomic E-state index is 0.526. The molecule has 0 saturated carbocycles. The van der Waals surface area contributed by atoms with Gasteiger partial charge in [0.05, 0.1) is 14.0 Å². The molecule has 0 bridgehead atoms. The molecule has 0 aliphatic heterocycles. The average Bonchev–Trinajstić information content (AvgIpc) is 2.85. The molecule has 0 unspecified atom stereocenters. The molecule has 3 aromatic rings. The molecule has 0 aromatic carbocycles. The number of fused-ring (bicyclic) bond motifs is 1. The summed E-state index contributed by atoms with van der Waals surface area (Å²) in [6, 6.07) is 4.23. The molecular weight excluding hydrogens is 340 g/mol. The molecule has 3 heterocycles. The van der Waals surface area contributed by atoms with Gasteiger partial charge in [-0.15, -0.1) is 22.7 Å². The number of hydrogen-bond donors (Lipinski definition) is 0. The van der Waals surface area contributed by atoms with Gasteiger partial charge in [-0.3, -0.25) is 0 Å². The molecule has 3 rings (SSSR count). The van der Waals surface area contributed by atoms with E-state index in [0.29, 0.717) is 5.15 Å². The number of aryl methyl sites for hydroxylation is 1. The van der Waals surface area contributed by atoms with Crippen molar-refractivity contribution in [2.45, 2.75) is 6.92 Å². The van der Waals surface area contributed by atoms with E-state index in [1.807, 2.05) is 0 Å². The van der Waals surface area contributed by atoms with Gasteiger partial charge in [0.2, 0.25) is 0 Å². The molecule has 17 heavy (non-hydrogen) atoms. The maximum atomic E-state index is 6.05. The number of thiophene rings is 2. The van der Waals surface area contributed by atoms with Crippen LogP contribution >= 0.6 is 50.2 Å². The van der Waals surface area contributed by atoms with Crippen LogP contribution in [0.5, 0.6) is 0 Å². The van der Waals surface area contributed by atoms with E-state index >= 15 is 0 Å². The number of halogens is 2. The van der Waals surface area contributed by atoms with Crippen molar-refractivity contribution in [1.29, 1.82) is 0 Å². The van der Waals surface area contributed by atoms with Gasteiger partial charge in [-0.05, 0) is 40.5 Å². The molecule has 6 heteroatoms. The van der Waals surface area contributed by atoms with Gasteiger partial charge < -0.3 is 0 Å². The molecule has 3 aromatic heterocycles. The summed E-state index contributed by atoms with van der Waals surface area (Å²) in [7, 11) is 0. The fourth-order valence-electron chi connectivity index (χ4n) is 1.53. The van der Waals surface area contributed by atoms with Crippen LogP contribution in [0.4, 0.5) is 0 Å². The zero-order chi connectivity index (χ0) is 12.0. The lowest BCUT2D eigenvalue weighted by Gasteiger charge is -1.88. The maximum Gasteiger partial charge on any atom is 0.150 e. The summed E-state index contributed by atoms with van der Waals surface area (Å²) in [6.07, 6.45) is 1.50. The highest BCUT2D eigenvalue weighted by atomic mass is 79.9. The van der Waals surface area contributed by atoms with Gasteiger partial charge in [-0.1, -0.05) is 11.6 Å². The summed E-state index contributed by atoms with van der Waals surface area (Å²) in [4.78, 5) is 10.6. The molecule has 0 atom stereocenters. The highest BCUT2D eigenvalue weighted by Crippen LogP contribution is 2.41. The summed E-state index contributed by atoms with van der Waals surface area (Å²) >= 11 is 12.9. The molecule has 0 saturated heterocycles. The molecule has 0 aliphatic rings. The smallest absolute Gasteiger partial charge is 0.150 e. The Labute approximate surface area is 119 Å². The Morgan fingerprint density at radius 3 is 2.59 bits per heavy atom. The number of rotatable bonds is 1. The van der Waals surface area contributed by atoms with Crippen LogP contribution in [0.25, 0.3) is 20.0 Å². The van der Waals surface area contributed by atoms with Gasteiger partial charge in [0.25, 0.3) is 0 Å². The Balaban J connectivity index is 2.21. The first kappa shape index (κ1) is 11.6. The SMILES string of the molecule is Cc1cc(-c2cc3ncnc(Cl)c3s2)sc1Br. The Morgan fingerprint density at radius 2 is 1.94 bits per heavy atom. The first-order valence-electron chi connectivity index (χ1n) is 4.81. The van der Waals surface area contributed by atoms with E-state index < -0.39 is 0 Å². The second kappa shape index (κ2) is 4.31. The highest BCUT2D eigenvalue weighted by molar-refractivity contribution is 9.11. The normalized spacial score (nSPS) is 11.2. The van der Waals surface area contributed by atoms with Crippen LogP contribution in [-0.4, -0.2) is 9.97 Å². The first-order valence-corrected chi connectivity index (χ1v) is 7.62. The van der Waals surface area contributed by atoms with Crippen LogP contribution in [0.3, 0.4) is 0 Å². The van der Waals surface area contributed by atoms with Gasteiger partial charge >= 0.3 is 0 Å². The van der Waals surface area contributed by atoms with E-state index in [-0.39, 0.29) is 0 Å². The lowest BCUT2D eigenvalue weighted by atomic mass is 10.3. The van der Waals surface area contributed by atoms with Crippen LogP contribution in [-0.2, 0) is 0 Å². The maximum absolute atomic E-state index is 6.05. The Bertz CT molecular complexity index is 685. The van der Waals surface area contributed by atoms with Crippen molar-refractivity contribution >= 4 is 60.4 Å². The van der Waals surface area contributed by atoms with Gasteiger partial charge in [0, 0.05) is 9.75 Å². The standard InChI is InChI=1S/C11H6BrClN2S2/c1-5-2-7(17-10(5)12)8-3-6-9(16-8)11(13)15-4-14-6/h2-4H,1H3. The second-order valence-electron chi connectivity index (χ2n) is 3.56. The van der Waals surface area contributed by atoms with Crippen molar-refractivity contribution in [1.82, 2.24) is 9.97 Å². The lowest BCUT2D eigenvalue weighted by Crippen LogP contribution is -1.76. The summed E-state index contributed by atoms with van der Waals surface area (Å²) in [6.45, 7) is 2.09. The first-order chi connectivity index (χ1) is 8.15. The summed E-state index contributed by atoms with van der Waals surface area (Å²) in [5, 5.41) is 0.526. The fourth-order valence-corrected chi connectivity index (χ4v) is 4.38. The largest absolute Gasteiger partial charge is 0.235 e. The minimum atomic E-state index is 0.526. The number of nitrogens with zero attached hydrogens (tertiary/aromatic N) is 2. The third-order valence-electron chi connectivity index (χ3n) is 2.37. The molecule has 0 radical (unpaired) electrons. The van der Waals surface area contributed by atoms with Crippen molar-refractivity contribution in [2.24, 2.45) is 0 Å². The van der Waals surface area contributed by atoms with Crippen molar-refractivity contribution in [3.8, 4) is 9.75 Å². The molecule has 2 nitrogen and oxygen atoms in total. The van der Waals surface area contributed by atoms with E-state index in [1.165, 1.54) is 25.4 Å². The molecule has 0 amide bonds. The zero-order valence-corrected chi connectivity index (χ0v) is 12.7. The van der Waals surface area contributed by atoms with Gasteiger partial charge in [0.1, 0.15) is 11.5 Å². The molecule has 0 N–H and O–H groups in total. The quantitative estimate of drug-likeness (QED) is 0.570. The monoisotopic (exact) mass is 344 g/mol. The van der Waals surface area contributed by atoms with Crippen LogP contribution in [0, 0.1) is 6.92 Å². The van der Waals surface area contributed by atoms with Crippen molar-refractivity contribution in [3.05, 3.63) is 33.0 Å². The van der Waals surface area contributed by atoms with Crippen LogP contribution < -0.4 is 0 Å². The predicted octanol–water partition coefficient (Wildman–Crippen LogP) is 5.14. The zero-order valence-electron chi connectivity index (χ0n) is 8.70. The summed E-state index contributed by atoms with van der Waals surface area (Å²) in [5.74, 6) is 0. The van der Waals surface area contributed by atoms with E-state index in [1.54, 1.807) is 22.7 Å². The van der Waals surface area contributed by atoms with Gasteiger partial charge in [-0.2, -0.15) is 0 Å². The molecular formula is C11H6BrClN2S2. The third kappa shape index (κ3) is 2.01.